The van der Waals surface area contributed by atoms with E-state index in [-0.39, 0.29) is 22.6 Å². The number of anilines is 2. The van der Waals surface area contributed by atoms with Gasteiger partial charge in [-0.3, -0.25) is 14.6 Å². The van der Waals surface area contributed by atoms with Crippen molar-refractivity contribution in [3.05, 3.63) is 136 Å². The highest BCUT2D eigenvalue weighted by molar-refractivity contribution is 6.40. The Bertz CT molecular complexity index is 2000. The number of ketones is 2. The Morgan fingerprint density at radius 2 is 1.33 bits per heavy atom. The number of aryl methyl sites for hydroxylation is 2. The molecule has 0 amide bonds. The van der Waals surface area contributed by atoms with Gasteiger partial charge in [0.1, 0.15) is 0 Å². The molecule has 0 N–H and O–H groups in total. The highest BCUT2D eigenvalue weighted by atomic mass is 16.2. The third kappa shape index (κ3) is 3.72. The minimum absolute atomic E-state index is 0.191. The second-order valence-corrected chi connectivity index (χ2v) is 12.3. The number of hydrogen-bond donors (Lipinski definition) is 0. The summed E-state index contributed by atoms with van der Waals surface area (Å²) in [5.74, 6) is -0.381. The molecule has 4 nitrogen and oxygen atoms in total. The van der Waals surface area contributed by atoms with Gasteiger partial charge in [-0.15, -0.1) is 0 Å². The summed E-state index contributed by atoms with van der Waals surface area (Å²) in [5, 5.41) is 4.45. The number of hydrogen-bond acceptors (Lipinski definition) is 4. The van der Waals surface area contributed by atoms with Crippen LogP contribution in [0.15, 0.2) is 109 Å². The van der Waals surface area contributed by atoms with Gasteiger partial charge in [-0.05, 0) is 95.3 Å². The minimum atomic E-state index is -0.222. The largest absolute Gasteiger partial charge is 0.312 e. The quantitative estimate of drug-likeness (QED) is 0.159. The molecule has 0 saturated heterocycles. The lowest BCUT2D eigenvalue weighted by molar-refractivity contribution is 0.0988. The van der Waals surface area contributed by atoms with Crippen molar-refractivity contribution in [2.45, 2.75) is 51.4 Å². The number of Topliss-reactive ketones (excluding diaryl/α,β-unsaturated/α-hetero) is 2. The van der Waals surface area contributed by atoms with Gasteiger partial charge in [-0.25, -0.2) is 0 Å². The number of carbonyl (C=O) groups excluding carboxylic acids is 2. The van der Waals surface area contributed by atoms with Crippen molar-refractivity contribution < 1.29 is 9.59 Å². The summed E-state index contributed by atoms with van der Waals surface area (Å²) < 4.78 is 0. The van der Waals surface area contributed by atoms with Gasteiger partial charge in [0.25, 0.3) is 0 Å². The first-order valence-corrected chi connectivity index (χ1v) is 15.3. The topological polar surface area (TPSA) is 50.3 Å². The highest BCUT2D eigenvalue weighted by Gasteiger charge is 2.49. The maximum Gasteiger partial charge on any atom is 0.197 e. The molecule has 210 valence electrons. The van der Waals surface area contributed by atoms with Crippen molar-refractivity contribution in [1.29, 1.82) is 0 Å². The Labute approximate surface area is 251 Å². The predicted molar refractivity (Wildman–Crippen MR) is 173 cm³/mol. The van der Waals surface area contributed by atoms with Crippen molar-refractivity contribution in [1.82, 2.24) is 4.98 Å². The van der Waals surface area contributed by atoms with Gasteiger partial charge in [0.2, 0.25) is 0 Å². The van der Waals surface area contributed by atoms with Crippen LogP contribution in [-0.2, 0) is 5.41 Å². The highest BCUT2D eigenvalue weighted by Crippen LogP contribution is 2.60. The van der Waals surface area contributed by atoms with Crippen LogP contribution < -0.4 is 4.90 Å². The fourth-order valence-corrected chi connectivity index (χ4v) is 7.93. The Hall–Kier alpha value is -4.83. The van der Waals surface area contributed by atoms with E-state index in [1.54, 1.807) is 0 Å². The van der Waals surface area contributed by atoms with E-state index in [1.807, 2.05) is 54.9 Å². The maximum atomic E-state index is 13.7. The van der Waals surface area contributed by atoms with Gasteiger partial charge in [0.05, 0.1) is 16.9 Å². The minimum Gasteiger partial charge on any atom is -0.312 e. The van der Waals surface area contributed by atoms with E-state index in [0.717, 1.165) is 59.0 Å². The van der Waals surface area contributed by atoms with Gasteiger partial charge in [0.15, 0.2) is 11.6 Å². The Balaban J connectivity index is 1.38. The van der Waals surface area contributed by atoms with Crippen LogP contribution in [0.4, 0.5) is 11.4 Å². The summed E-state index contributed by atoms with van der Waals surface area (Å²) in [7, 11) is 0. The number of allylic oxidation sites excluding steroid dienone is 4. The molecule has 4 aromatic carbocycles. The van der Waals surface area contributed by atoms with Gasteiger partial charge in [0, 0.05) is 34.6 Å². The van der Waals surface area contributed by atoms with Crippen LogP contribution in [-0.4, -0.2) is 16.6 Å². The number of pyridine rings is 1. The van der Waals surface area contributed by atoms with Crippen LogP contribution in [0.3, 0.4) is 0 Å². The molecule has 1 saturated carbocycles. The van der Waals surface area contributed by atoms with E-state index in [1.165, 1.54) is 28.4 Å². The molecule has 1 aromatic heterocycles. The zero-order chi connectivity index (χ0) is 29.3. The zero-order valence-corrected chi connectivity index (χ0v) is 24.5. The number of aromatic nitrogens is 1. The Morgan fingerprint density at radius 3 is 1.98 bits per heavy atom. The van der Waals surface area contributed by atoms with Gasteiger partial charge in [-0.2, -0.15) is 0 Å². The van der Waals surface area contributed by atoms with Crippen LogP contribution in [0, 0.1) is 13.8 Å². The third-order valence-corrected chi connectivity index (χ3v) is 9.84. The molecule has 2 aliphatic carbocycles. The fourth-order valence-electron chi connectivity index (χ4n) is 7.93. The molecule has 8 rings (SSSR count). The molecule has 0 unspecified atom stereocenters. The van der Waals surface area contributed by atoms with Crippen LogP contribution in [0.1, 0.15) is 69.5 Å². The fraction of sp³-hybridized carbons (Fsp3) is 0.205. The van der Waals surface area contributed by atoms with Gasteiger partial charge >= 0.3 is 0 Å². The van der Waals surface area contributed by atoms with Crippen molar-refractivity contribution >= 4 is 44.5 Å². The molecule has 1 fully saturated rings. The van der Waals surface area contributed by atoms with Crippen LogP contribution in [0.2, 0.25) is 0 Å². The maximum absolute atomic E-state index is 13.7. The lowest BCUT2D eigenvalue weighted by Gasteiger charge is -2.38. The molecule has 1 spiro atoms. The van der Waals surface area contributed by atoms with E-state index in [9.17, 15) is 9.59 Å². The summed E-state index contributed by atoms with van der Waals surface area (Å²) in [4.78, 5) is 34.4. The average Bonchev–Trinajstić information content (AvgIpc) is 3.42. The van der Waals surface area contributed by atoms with Crippen LogP contribution in [0.5, 0.6) is 0 Å². The summed E-state index contributed by atoms with van der Waals surface area (Å²) in [6.45, 7) is 4.23. The van der Waals surface area contributed by atoms with E-state index in [0.29, 0.717) is 11.1 Å². The molecule has 5 aromatic rings. The summed E-state index contributed by atoms with van der Waals surface area (Å²) >= 11 is 0. The van der Waals surface area contributed by atoms with Crippen molar-refractivity contribution in [3.8, 4) is 0 Å². The zero-order valence-electron chi connectivity index (χ0n) is 24.5. The molecule has 0 radical (unpaired) electrons. The molecule has 3 aliphatic rings. The predicted octanol–water partition coefficient (Wildman–Crippen LogP) is 9.25. The monoisotopic (exact) mass is 560 g/mol. The first-order chi connectivity index (χ1) is 21.0. The van der Waals surface area contributed by atoms with Crippen molar-refractivity contribution in [2.24, 2.45) is 0 Å². The Morgan fingerprint density at radius 1 is 0.721 bits per heavy atom. The smallest absolute Gasteiger partial charge is 0.197 e. The molecular weight excluding hydrogens is 528 g/mol. The normalized spacial score (nSPS) is 18.2. The van der Waals surface area contributed by atoms with E-state index < -0.39 is 0 Å². The third-order valence-electron chi connectivity index (χ3n) is 9.84. The molecule has 4 heteroatoms. The van der Waals surface area contributed by atoms with Crippen LogP contribution >= 0.6 is 0 Å². The summed E-state index contributed by atoms with van der Waals surface area (Å²) in [6.07, 6.45) is 13.3. The van der Waals surface area contributed by atoms with Crippen molar-refractivity contribution in [3.63, 3.8) is 0 Å². The second kappa shape index (κ2) is 9.60. The molecular formula is C39H32N2O2. The average molecular weight is 561 g/mol. The van der Waals surface area contributed by atoms with Crippen molar-refractivity contribution in [2.75, 3.05) is 4.90 Å². The molecule has 2 heterocycles. The van der Waals surface area contributed by atoms with Crippen LogP contribution in [0.25, 0.3) is 21.5 Å². The number of carbonyl (C=O) groups is 2. The number of nitrogens with zero attached hydrogens (tertiary/aromatic N) is 2. The Kier molecular flexibility index (Phi) is 5.77. The lowest BCUT2D eigenvalue weighted by atomic mass is 9.67. The summed E-state index contributed by atoms with van der Waals surface area (Å²) in [6, 6.07) is 24.8. The summed E-state index contributed by atoms with van der Waals surface area (Å²) in [5.41, 5.74) is 8.02. The number of fused-ring (bicyclic) bond motifs is 6. The first-order valence-electron chi connectivity index (χ1n) is 15.3. The number of benzene rings is 4. The standard InChI is InChI=1S/C39H32N2O2/c1-24-22-40-23-25(2)36(24)41-33-16-14-26-10-6-7-13-29(26)35(33)39(18-8-3-9-19-39)34(41)17-15-30-37(42)31-20-27-11-4-5-12-28(27)21-32(31)38(30)43/h4-7,10-17,20-23H,3,8-9,18-19H2,1-2H3/b34-17+. The van der Waals surface area contributed by atoms with E-state index >= 15 is 0 Å². The SMILES string of the molecule is Cc1cncc(C)c1N1/C(=C/C=C2C(=O)c3cc4ccccc4cc3C2=O)C2(CCCCC2)c2c1ccc1ccccc21. The van der Waals surface area contributed by atoms with Gasteiger partial charge in [-0.1, -0.05) is 73.9 Å². The second-order valence-electron chi connectivity index (χ2n) is 12.3. The molecule has 43 heavy (non-hydrogen) atoms. The number of rotatable bonds is 2. The molecule has 0 bridgehead atoms. The molecule has 1 aliphatic heterocycles. The lowest BCUT2D eigenvalue weighted by Crippen LogP contribution is -2.32. The van der Waals surface area contributed by atoms with E-state index in [2.05, 4.69) is 66.2 Å². The first kappa shape index (κ1) is 25.8. The molecule has 0 atom stereocenters. The van der Waals surface area contributed by atoms with Gasteiger partial charge < -0.3 is 4.90 Å². The van der Waals surface area contributed by atoms with E-state index in [4.69, 9.17) is 0 Å².